The maximum atomic E-state index is 11.7. The molecule has 0 aliphatic carbocycles. The molecular formula is C28H32O8S. The number of hydrogen-bond donors (Lipinski definition) is 1. The Hall–Kier alpha value is -2.63. The largest absolute Gasteiger partial charge is 0.368 e. The van der Waals surface area contributed by atoms with E-state index >= 15 is 0 Å². The van der Waals surface area contributed by atoms with Crippen LogP contribution in [0.15, 0.2) is 91.0 Å². The maximum Gasteiger partial charge on any atom is 0.264 e. The van der Waals surface area contributed by atoms with Crippen LogP contribution in [0.5, 0.6) is 0 Å². The Labute approximate surface area is 217 Å². The molecule has 1 aliphatic rings. The zero-order chi connectivity index (χ0) is 26.1. The summed E-state index contributed by atoms with van der Waals surface area (Å²) in [6.45, 7) is -0.0513. The molecule has 0 unspecified atom stereocenters. The molecule has 0 bridgehead atoms. The van der Waals surface area contributed by atoms with Crippen molar-refractivity contribution < 1.29 is 36.7 Å². The van der Waals surface area contributed by atoms with Gasteiger partial charge in [0.1, 0.15) is 24.9 Å². The summed E-state index contributed by atoms with van der Waals surface area (Å²) in [6.07, 6.45) is -1.61. The highest BCUT2D eigenvalue weighted by Gasteiger charge is 2.53. The molecule has 0 spiro atoms. The Morgan fingerprint density at radius 1 is 0.784 bits per heavy atom. The van der Waals surface area contributed by atoms with Crippen molar-refractivity contribution >= 4 is 10.1 Å². The second-order valence-corrected chi connectivity index (χ2v) is 10.6. The predicted molar refractivity (Wildman–Crippen MR) is 137 cm³/mol. The van der Waals surface area contributed by atoms with Crippen LogP contribution < -0.4 is 0 Å². The first-order valence-corrected chi connectivity index (χ1v) is 13.8. The van der Waals surface area contributed by atoms with Crippen LogP contribution in [0.25, 0.3) is 0 Å². The van der Waals surface area contributed by atoms with Crippen molar-refractivity contribution in [2.24, 2.45) is 0 Å². The monoisotopic (exact) mass is 528 g/mol. The molecule has 0 amide bonds. The molecule has 3 aromatic carbocycles. The fraction of sp³-hybridized carbons (Fsp3) is 0.357. The first kappa shape index (κ1) is 27.4. The lowest BCUT2D eigenvalue weighted by Gasteiger charge is -2.46. The number of aliphatic hydroxyl groups is 1. The van der Waals surface area contributed by atoms with E-state index in [2.05, 4.69) is 0 Å². The molecule has 1 aliphatic heterocycles. The van der Waals surface area contributed by atoms with Crippen LogP contribution >= 0.6 is 0 Å². The van der Waals surface area contributed by atoms with E-state index in [9.17, 15) is 13.5 Å². The van der Waals surface area contributed by atoms with Gasteiger partial charge in [-0.15, -0.1) is 0 Å². The lowest BCUT2D eigenvalue weighted by molar-refractivity contribution is -0.350. The van der Waals surface area contributed by atoms with Gasteiger partial charge in [0.05, 0.1) is 32.7 Å². The molecule has 3 aromatic rings. The first-order valence-electron chi connectivity index (χ1n) is 12.0. The molecule has 4 atom stereocenters. The highest BCUT2D eigenvalue weighted by atomic mass is 32.2. The Morgan fingerprint density at radius 2 is 1.24 bits per heavy atom. The lowest BCUT2D eigenvalue weighted by Crippen LogP contribution is -2.65. The molecule has 8 nitrogen and oxygen atoms in total. The zero-order valence-corrected chi connectivity index (χ0v) is 21.5. The van der Waals surface area contributed by atoms with E-state index in [1.807, 2.05) is 91.0 Å². The van der Waals surface area contributed by atoms with Gasteiger partial charge in [-0.25, -0.2) is 0 Å². The van der Waals surface area contributed by atoms with Gasteiger partial charge in [0, 0.05) is 0 Å². The molecule has 0 saturated carbocycles. The third kappa shape index (κ3) is 8.18. The second-order valence-electron chi connectivity index (χ2n) is 8.94. The smallest absolute Gasteiger partial charge is 0.264 e. The summed E-state index contributed by atoms with van der Waals surface area (Å²) in [5.41, 5.74) is 2.75. The average Bonchev–Trinajstić information content (AvgIpc) is 2.91. The molecule has 1 N–H and O–H groups in total. The molecule has 1 fully saturated rings. The second kappa shape index (κ2) is 12.7. The van der Waals surface area contributed by atoms with Crippen LogP contribution in [0.1, 0.15) is 16.7 Å². The summed E-state index contributed by atoms with van der Waals surface area (Å²) in [4.78, 5) is 0. The van der Waals surface area contributed by atoms with Crippen molar-refractivity contribution in [2.75, 3.05) is 19.5 Å². The molecule has 198 valence electrons. The fourth-order valence-electron chi connectivity index (χ4n) is 4.04. The normalized spacial score (nSPS) is 24.1. The molecule has 37 heavy (non-hydrogen) atoms. The molecular weight excluding hydrogens is 496 g/mol. The van der Waals surface area contributed by atoms with E-state index < -0.39 is 40.8 Å². The quantitative estimate of drug-likeness (QED) is 0.357. The number of ether oxygens (including phenoxy) is 4. The Balaban J connectivity index is 1.59. The molecule has 0 aromatic heterocycles. The summed E-state index contributed by atoms with van der Waals surface area (Å²) < 4.78 is 52.9. The molecule has 9 heteroatoms. The minimum atomic E-state index is -3.85. The third-order valence-corrected chi connectivity index (χ3v) is 6.50. The standard InChI is InChI=1S/C28H32O8S/c1-37(30,31)36-21-28(29)27(34-19-24-15-9-4-10-16-24)26(33-18-23-13-7-3-8-14-23)25(20-35-28)32-17-22-11-5-2-6-12-22/h2-16,25-27,29H,17-21H2,1H3/t25-,26-,27+,28-/m1/s1. The van der Waals surface area contributed by atoms with E-state index in [1.54, 1.807) is 0 Å². The van der Waals surface area contributed by atoms with Crippen LogP contribution in [0.3, 0.4) is 0 Å². The van der Waals surface area contributed by atoms with Gasteiger partial charge in [0.25, 0.3) is 10.1 Å². The van der Waals surface area contributed by atoms with Crippen molar-refractivity contribution in [1.82, 2.24) is 0 Å². The van der Waals surface area contributed by atoms with Crippen LogP contribution in [0.2, 0.25) is 0 Å². The van der Waals surface area contributed by atoms with Gasteiger partial charge in [0.2, 0.25) is 5.79 Å². The third-order valence-electron chi connectivity index (χ3n) is 5.95. The van der Waals surface area contributed by atoms with E-state index in [4.69, 9.17) is 23.1 Å². The van der Waals surface area contributed by atoms with E-state index in [0.717, 1.165) is 22.9 Å². The van der Waals surface area contributed by atoms with Crippen LogP contribution in [-0.2, 0) is 53.1 Å². The predicted octanol–water partition coefficient (Wildman–Crippen LogP) is 3.44. The molecule has 0 radical (unpaired) electrons. The van der Waals surface area contributed by atoms with Gasteiger partial charge in [-0.3, -0.25) is 4.18 Å². The SMILES string of the molecule is CS(=O)(=O)OC[C@@]1(O)OC[C@@H](OCc2ccccc2)[C@@H](OCc2ccccc2)[C@@H]1OCc1ccccc1. The van der Waals surface area contributed by atoms with Crippen LogP contribution in [0, 0.1) is 0 Å². The van der Waals surface area contributed by atoms with Gasteiger partial charge >= 0.3 is 0 Å². The number of rotatable bonds is 12. The van der Waals surface area contributed by atoms with Crippen molar-refractivity contribution in [3.8, 4) is 0 Å². The number of benzene rings is 3. The lowest BCUT2D eigenvalue weighted by atomic mass is 9.96. The van der Waals surface area contributed by atoms with E-state index in [1.165, 1.54) is 0 Å². The van der Waals surface area contributed by atoms with Crippen molar-refractivity contribution in [2.45, 2.75) is 43.9 Å². The van der Waals surface area contributed by atoms with Gasteiger partial charge in [-0.1, -0.05) is 91.0 Å². The van der Waals surface area contributed by atoms with Crippen LogP contribution in [0.4, 0.5) is 0 Å². The van der Waals surface area contributed by atoms with E-state index in [-0.39, 0.29) is 19.8 Å². The Kier molecular flexibility index (Phi) is 9.44. The fourth-order valence-corrected chi connectivity index (χ4v) is 4.42. The zero-order valence-electron chi connectivity index (χ0n) is 20.6. The van der Waals surface area contributed by atoms with Crippen molar-refractivity contribution in [3.63, 3.8) is 0 Å². The van der Waals surface area contributed by atoms with Crippen molar-refractivity contribution in [1.29, 1.82) is 0 Å². The molecule has 1 saturated heterocycles. The topological polar surface area (TPSA) is 101 Å². The minimum absolute atomic E-state index is 0.0545. The summed E-state index contributed by atoms with van der Waals surface area (Å²) in [5.74, 6) is -2.09. The number of hydrogen-bond acceptors (Lipinski definition) is 8. The van der Waals surface area contributed by atoms with Gasteiger partial charge in [-0.2, -0.15) is 8.42 Å². The van der Waals surface area contributed by atoms with Gasteiger partial charge in [0.15, 0.2) is 0 Å². The minimum Gasteiger partial charge on any atom is -0.368 e. The summed E-state index contributed by atoms with van der Waals surface area (Å²) in [6, 6.07) is 28.7. The summed E-state index contributed by atoms with van der Waals surface area (Å²) in [7, 11) is -3.85. The Morgan fingerprint density at radius 3 is 1.73 bits per heavy atom. The van der Waals surface area contributed by atoms with Gasteiger partial charge in [-0.05, 0) is 16.7 Å². The summed E-state index contributed by atoms with van der Waals surface area (Å²) >= 11 is 0. The summed E-state index contributed by atoms with van der Waals surface area (Å²) in [5, 5.41) is 11.5. The molecule has 1 heterocycles. The first-order chi connectivity index (χ1) is 17.8. The van der Waals surface area contributed by atoms with Crippen LogP contribution in [-0.4, -0.2) is 57.1 Å². The maximum absolute atomic E-state index is 11.7. The highest BCUT2D eigenvalue weighted by molar-refractivity contribution is 7.85. The van der Waals surface area contributed by atoms with E-state index in [0.29, 0.717) is 6.61 Å². The van der Waals surface area contributed by atoms with Gasteiger partial charge < -0.3 is 24.1 Å². The molecule has 4 rings (SSSR count). The van der Waals surface area contributed by atoms with Crippen molar-refractivity contribution in [3.05, 3.63) is 108 Å². The highest BCUT2D eigenvalue weighted by Crippen LogP contribution is 2.32. The average molecular weight is 529 g/mol. The Bertz CT molecular complexity index is 1190.